The Morgan fingerprint density at radius 3 is 2.60 bits per heavy atom. The summed E-state index contributed by atoms with van der Waals surface area (Å²) in [6.07, 6.45) is 6.49. The van der Waals surface area contributed by atoms with Crippen molar-refractivity contribution in [2.45, 2.75) is 32.2 Å². The van der Waals surface area contributed by atoms with Crippen LogP contribution in [0.4, 0.5) is 0 Å². The number of carboxylic acid groups (broad SMARTS) is 1. The summed E-state index contributed by atoms with van der Waals surface area (Å²) in [5, 5.41) is 15.2. The maximum atomic E-state index is 12.4. The minimum Gasteiger partial charge on any atom is -0.550 e. The molecule has 2 rings (SSSR count). The maximum Gasteiger partial charge on any atom is 0.226 e. The Balaban J connectivity index is 2.02. The zero-order chi connectivity index (χ0) is 14.7. The van der Waals surface area contributed by atoms with E-state index in [-0.39, 0.29) is 5.91 Å². The molecule has 0 spiro atoms. The molecule has 1 heterocycles. The van der Waals surface area contributed by atoms with E-state index in [1.165, 1.54) is 0 Å². The van der Waals surface area contributed by atoms with E-state index < -0.39 is 17.8 Å². The van der Waals surface area contributed by atoms with Crippen molar-refractivity contribution in [3.8, 4) is 0 Å². The van der Waals surface area contributed by atoms with Crippen LogP contribution in [0.15, 0.2) is 12.4 Å². The van der Waals surface area contributed by atoms with Crippen LogP contribution in [0.3, 0.4) is 0 Å². The van der Waals surface area contributed by atoms with Crippen molar-refractivity contribution in [2.24, 2.45) is 18.9 Å². The molecule has 2 unspecified atom stereocenters. The Hall–Kier alpha value is -1.85. The lowest BCUT2D eigenvalue weighted by Gasteiger charge is -2.33. The van der Waals surface area contributed by atoms with Crippen LogP contribution < -0.4 is 5.11 Å². The van der Waals surface area contributed by atoms with Crippen molar-refractivity contribution in [3.05, 3.63) is 18.0 Å². The Morgan fingerprint density at radius 1 is 1.40 bits per heavy atom. The lowest BCUT2D eigenvalue weighted by atomic mass is 9.78. The van der Waals surface area contributed by atoms with Gasteiger partial charge in [0.1, 0.15) is 0 Å². The summed E-state index contributed by atoms with van der Waals surface area (Å²) in [5.74, 6) is -2.30. The topological polar surface area (TPSA) is 78.3 Å². The molecule has 0 N–H and O–H groups in total. The van der Waals surface area contributed by atoms with E-state index >= 15 is 0 Å². The van der Waals surface area contributed by atoms with Gasteiger partial charge in [0.05, 0.1) is 6.20 Å². The molecule has 1 saturated carbocycles. The average molecular weight is 278 g/mol. The Bertz CT molecular complexity index is 498. The van der Waals surface area contributed by atoms with Gasteiger partial charge < -0.3 is 14.8 Å². The van der Waals surface area contributed by atoms with Crippen LogP contribution in [0, 0.1) is 11.8 Å². The number of rotatable bonds is 4. The zero-order valence-corrected chi connectivity index (χ0v) is 11.9. The van der Waals surface area contributed by atoms with Gasteiger partial charge in [0, 0.05) is 50.2 Å². The Labute approximate surface area is 118 Å². The van der Waals surface area contributed by atoms with Gasteiger partial charge in [-0.25, -0.2) is 0 Å². The van der Waals surface area contributed by atoms with Crippen LogP contribution in [0.25, 0.3) is 0 Å². The molecule has 1 amide bonds. The number of aliphatic carboxylic acids is 1. The molecule has 20 heavy (non-hydrogen) atoms. The van der Waals surface area contributed by atoms with Crippen LogP contribution in [-0.4, -0.2) is 33.6 Å². The number of amides is 1. The standard InChI is InChI=1S/C14H21N3O3/c1-16(8-10-7-15-17(2)9-10)13(18)11-5-3-4-6-12(11)14(19)20/h7,9,11-12H,3-6,8H2,1-2H3,(H,19,20)/p-1. The number of aryl methyl sites for hydroxylation is 1. The molecule has 1 aliphatic carbocycles. The van der Waals surface area contributed by atoms with Gasteiger partial charge in [-0.15, -0.1) is 0 Å². The van der Waals surface area contributed by atoms with Crippen molar-refractivity contribution in [3.63, 3.8) is 0 Å². The largest absolute Gasteiger partial charge is 0.550 e. The molecule has 0 saturated heterocycles. The van der Waals surface area contributed by atoms with Crippen molar-refractivity contribution in [1.29, 1.82) is 0 Å². The third-order valence-electron chi connectivity index (χ3n) is 3.94. The highest BCUT2D eigenvalue weighted by molar-refractivity contribution is 5.84. The summed E-state index contributed by atoms with van der Waals surface area (Å²) in [6.45, 7) is 0.447. The van der Waals surface area contributed by atoms with Gasteiger partial charge in [-0.1, -0.05) is 12.8 Å². The molecule has 0 radical (unpaired) electrons. The van der Waals surface area contributed by atoms with E-state index in [2.05, 4.69) is 5.10 Å². The number of carboxylic acids is 1. The van der Waals surface area contributed by atoms with Gasteiger partial charge in [0.15, 0.2) is 0 Å². The van der Waals surface area contributed by atoms with Crippen molar-refractivity contribution in [1.82, 2.24) is 14.7 Å². The first-order valence-electron chi connectivity index (χ1n) is 6.92. The van der Waals surface area contributed by atoms with E-state index in [0.717, 1.165) is 18.4 Å². The SMILES string of the molecule is CN(Cc1cnn(C)c1)C(=O)C1CCCCC1C(=O)[O-]. The fraction of sp³-hybridized carbons (Fsp3) is 0.643. The predicted molar refractivity (Wildman–Crippen MR) is 70.1 cm³/mol. The number of hydrogen-bond donors (Lipinski definition) is 0. The summed E-state index contributed by atoms with van der Waals surface area (Å²) < 4.78 is 1.68. The predicted octanol–water partition coefficient (Wildman–Crippen LogP) is -0.0652. The zero-order valence-electron chi connectivity index (χ0n) is 11.9. The molecular weight excluding hydrogens is 258 g/mol. The molecule has 1 aromatic heterocycles. The number of nitrogens with zero attached hydrogens (tertiary/aromatic N) is 3. The summed E-state index contributed by atoms with van der Waals surface area (Å²) in [5.41, 5.74) is 0.934. The van der Waals surface area contributed by atoms with Crippen molar-refractivity contribution >= 4 is 11.9 Å². The van der Waals surface area contributed by atoms with Crippen LogP contribution in [0.5, 0.6) is 0 Å². The van der Waals surface area contributed by atoms with Gasteiger partial charge in [0.2, 0.25) is 5.91 Å². The summed E-state index contributed by atoms with van der Waals surface area (Å²) in [7, 11) is 3.52. The average Bonchev–Trinajstić information content (AvgIpc) is 2.83. The second-order valence-electron chi connectivity index (χ2n) is 5.53. The van der Waals surface area contributed by atoms with Crippen molar-refractivity contribution < 1.29 is 14.7 Å². The van der Waals surface area contributed by atoms with Crippen molar-refractivity contribution in [2.75, 3.05) is 7.05 Å². The fourth-order valence-corrected chi connectivity index (χ4v) is 2.90. The molecule has 1 aromatic rings. The molecule has 0 bridgehead atoms. The van der Waals surface area contributed by atoms with Gasteiger partial charge >= 0.3 is 0 Å². The molecule has 1 aliphatic rings. The monoisotopic (exact) mass is 278 g/mol. The molecule has 0 aromatic carbocycles. The quantitative estimate of drug-likeness (QED) is 0.772. The molecule has 2 atom stereocenters. The highest BCUT2D eigenvalue weighted by Crippen LogP contribution is 2.31. The Kier molecular flexibility index (Phi) is 4.42. The summed E-state index contributed by atoms with van der Waals surface area (Å²) in [6, 6.07) is 0. The molecule has 6 heteroatoms. The Morgan fingerprint density at radius 2 is 2.05 bits per heavy atom. The number of carbonyl (C=O) groups is 2. The molecule has 110 valence electrons. The third-order valence-corrected chi connectivity index (χ3v) is 3.94. The van der Waals surface area contributed by atoms with Crippen LogP contribution >= 0.6 is 0 Å². The third kappa shape index (κ3) is 3.18. The first-order chi connectivity index (χ1) is 9.49. The molecule has 1 fully saturated rings. The van der Waals surface area contributed by atoms with E-state index in [1.807, 2.05) is 13.2 Å². The highest BCUT2D eigenvalue weighted by Gasteiger charge is 2.33. The van der Waals surface area contributed by atoms with E-state index in [4.69, 9.17) is 0 Å². The second kappa shape index (κ2) is 6.07. The van der Waals surface area contributed by atoms with Gasteiger partial charge in [-0.05, 0) is 12.8 Å². The first-order valence-corrected chi connectivity index (χ1v) is 6.92. The normalized spacial score (nSPS) is 22.5. The van der Waals surface area contributed by atoms with Crippen LogP contribution in [-0.2, 0) is 23.2 Å². The second-order valence-corrected chi connectivity index (χ2v) is 5.53. The van der Waals surface area contributed by atoms with Gasteiger partial charge in [0.25, 0.3) is 0 Å². The summed E-state index contributed by atoms with van der Waals surface area (Å²) in [4.78, 5) is 25.2. The highest BCUT2D eigenvalue weighted by atomic mass is 16.4. The lowest BCUT2D eigenvalue weighted by Crippen LogP contribution is -2.44. The summed E-state index contributed by atoms with van der Waals surface area (Å²) >= 11 is 0. The van der Waals surface area contributed by atoms with E-state index in [1.54, 1.807) is 22.8 Å². The maximum absolute atomic E-state index is 12.4. The number of aromatic nitrogens is 2. The lowest BCUT2D eigenvalue weighted by molar-refractivity contribution is -0.314. The minimum absolute atomic E-state index is 0.109. The molecule has 6 nitrogen and oxygen atoms in total. The number of hydrogen-bond acceptors (Lipinski definition) is 4. The number of carbonyl (C=O) groups excluding carboxylic acids is 2. The van der Waals surface area contributed by atoms with Crippen LogP contribution in [0.2, 0.25) is 0 Å². The van der Waals surface area contributed by atoms with Gasteiger partial charge in [-0.2, -0.15) is 5.10 Å². The molecular formula is C14H20N3O3-. The smallest absolute Gasteiger partial charge is 0.226 e. The van der Waals surface area contributed by atoms with Gasteiger partial charge in [-0.3, -0.25) is 9.48 Å². The minimum atomic E-state index is -1.10. The molecule has 0 aliphatic heterocycles. The van der Waals surface area contributed by atoms with E-state index in [9.17, 15) is 14.7 Å². The van der Waals surface area contributed by atoms with E-state index in [0.29, 0.717) is 19.4 Å². The fourth-order valence-electron chi connectivity index (χ4n) is 2.90. The van der Waals surface area contributed by atoms with Crippen LogP contribution in [0.1, 0.15) is 31.2 Å². The first kappa shape index (κ1) is 14.6.